The number of amides is 1. The van der Waals surface area contributed by atoms with E-state index in [4.69, 9.17) is 14.2 Å². The fourth-order valence-electron chi connectivity index (χ4n) is 5.23. The quantitative estimate of drug-likeness (QED) is 0.556. The lowest BCUT2D eigenvalue weighted by molar-refractivity contribution is 0.120. The zero-order valence-corrected chi connectivity index (χ0v) is 19.9. The van der Waals surface area contributed by atoms with E-state index in [1.165, 1.54) is 27.6 Å². The smallest absolute Gasteiger partial charge is 0.407 e. The highest BCUT2D eigenvalue weighted by Crippen LogP contribution is 2.40. The van der Waals surface area contributed by atoms with Crippen LogP contribution in [0.2, 0.25) is 0 Å². The molecule has 0 spiro atoms. The Kier molecular flexibility index (Phi) is 6.20. The van der Waals surface area contributed by atoms with E-state index in [1.54, 1.807) is 14.2 Å². The number of carbonyl (C=O) groups excluding carboxylic acids is 1. The molecule has 1 aromatic heterocycles. The van der Waals surface area contributed by atoms with E-state index in [9.17, 15) is 4.79 Å². The van der Waals surface area contributed by atoms with Crippen molar-refractivity contribution < 1.29 is 19.0 Å². The molecule has 2 aliphatic rings. The molecule has 2 heterocycles. The summed E-state index contributed by atoms with van der Waals surface area (Å²) in [6, 6.07) is 12.6. The lowest BCUT2D eigenvalue weighted by Gasteiger charge is -2.39. The number of carbonyl (C=O) groups is 1. The summed E-state index contributed by atoms with van der Waals surface area (Å²) < 4.78 is 16.2. The fraction of sp³-hybridized carbons (Fsp3) is 0.370. The molecular formula is C27H31N3O4. The van der Waals surface area contributed by atoms with Crippen LogP contribution in [-0.4, -0.2) is 63.0 Å². The Morgan fingerprint density at radius 1 is 1.18 bits per heavy atom. The van der Waals surface area contributed by atoms with E-state index < -0.39 is 0 Å². The summed E-state index contributed by atoms with van der Waals surface area (Å²) in [4.78, 5) is 18.1. The Hall–Kier alpha value is -3.45. The third-order valence-corrected chi connectivity index (χ3v) is 6.90. The van der Waals surface area contributed by atoms with Gasteiger partial charge in [-0.25, -0.2) is 4.79 Å². The molecule has 2 N–H and O–H groups in total. The van der Waals surface area contributed by atoms with Crippen molar-refractivity contribution in [3.63, 3.8) is 0 Å². The van der Waals surface area contributed by atoms with Gasteiger partial charge in [0.1, 0.15) is 6.61 Å². The van der Waals surface area contributed by atoms with Gasteiger partial charge in [0.05, 0.1) is 14.2 Å². The number of aromatic nitrogens is 1. The summed E-state index contributed by atoms with van der Waals surface area (Å²) in [6.45, 7) is 1.71. The van der Waals surface area contributed by atoms with Gasteiger partial charge < -0.3 is 24.5 Å². The number of aromatic amines is 1. The van der Waals surface area contributed by atoms with Crippen LogP contribution >= 0.6 is 0 Å². The van der Waals surface area contributed by atoms with Gasteiger partial charge in [0, 0.05) is 42.1 Å². The molecule has 0 saturated carbocycles. The number of nitrogens with zero attached hydrogens (tertiary/aromatic N) is 1. The first-order valence-corrected chi connectivity index (χ1v) is 11.7. The number of rotatable bonds is 7. The molecule has 0 unspecified atom stereocenters. The number of H-pyrrole nitrogens is 1. The Morgan fingerprint density at radius 2 is 2.03 bits per heavy atom. The van der Waals surface area contributed by atoms with Crippen molar-refractivity contribution in [1.82, 2.24) is 15.2 Å². The second-order valence-corrected chi connectivity index (χ2v) is 9.05. The predicted molar refractivity (Wildman–Crippen MR) is 132 cm³/mol. The number of likely N-dealkylation sites (N-methyl/N-ethyl adjacent to an activating group) is 1. The molecule has 0 radical (unpaired) electrons. The van der Waals surface area contributed by atoms with Crippen LogP contribution in [0.15, 0.2) is 48.7 Å². The zero-order valence-electron chi connectivity index (χ0n) is 19.9. The highest BCUT2D eigenvalue weighted by atomic mass is 16.5. The number of fused-ring (bicyclic) bond motifs is 2. The van der Waals surface area contributed by atoms with Crippen LogP contribution in [0, 0.1) is 5.92 Å². The lowest BCUT2D eigenvalue weighted by Crippen LogP contribution is -2.43. The van der Waals surface area contributed by atoms with Gasteiger partial charge >= 0.3 is 6.09 Å². The minimum absolute atomic E-state index is 0.156. The van der Waals surface area contributed by atoms with Gasteiger partial charge in [0.15, 0.2) is 11.5 Å². The minimum atomic E-state index is -0.387. The molecule has 3 aromatic rings. The van der Waals surface area contributed by atoms with Gasteiger partial charge in [0.2, 0.25) is 0 Å². The monoisotopic (exact) mass is 461 g/mol. The van der Waals surface area contributed by atoms with E-state index >= 15 is 0 Å². The summed E-state index contributed by atoms with van der Waals surface area (Å²) in [5.41, 5.74) is 6.25. The van der Waals surface area contributed by atoms with Gasteiger partial charge in [-0.1, -0.05) is 24.3 Å². The lowest BCUT2D eigenvalue weighted by atomic mass is 9.80. The Labute approximate surface area is 199 Å². The van der Waals surface area contributed by atoms with Crippen molar-refractivity contribution in [2.24, 2.45) is 5.92 Å². The van der Waals surface area contributed by atoms with E-state index in [-0.39, 0.29) is 12.0 Å². The molecular weight excluding hydrogens is 430 g/mol. The number of hydrogen-bond donors (Lipinski definition) is 2. The summed E-state index contributed by atoms with van der Waals surface area (Å²) in [7, 11) is 5.38. The second-order valence-electron chi connectivity index (χ2n) is 9.05. The predicted octanol–water partition coefficient (Wildman–Crippen LogP) is 4.02. The molecule has 0 fully saturated rings. The van der Waals surface area contributed by atoms with Crippen LogP contribution in [0.4, 0.5) is 4.79 Å². The average molecular weight is 462 g/mol. The molecule has 1 amide bonds. The van der Waals surface area contributed by atoms with Crippen molar-refractivity contribution >= 4 is 22.6 Å². The third-order valence-electron chi connectivity index (χ3n) is 6.90. The number of nitrogens with one attached hydrogen (secondary N) is 2. The van der Waals surface area contributed by atoms with E-state index in [2.05, 4.69) is 52.7 Å². The Bertz CT molecular complexity index is 1230. The number of alkyl carbamates (subject to hydrolysis) is 1. The van der Waals surface area contributed by atoms with E-state index in [0.717, 1.165) is 18.5 Å². The first kappa shape index (κ1) is 22.3. The number of benzene rings is 2. The van der Waals surface area contributed by atoms with Crippen LogP contribution in [0.3, 0.4) is 0 Å². The van der Waals surface area contributed by atoms with Crippen molar-refractivity contribution in [3.05, 3.63) is 65.4 Å². The molecule has 5 rings (SSSR count). The molecule has 34 heavy (non-hydrogen) atoms. The number of hydrogen-bond acceptors (Lipinski definition) is 5. The number of methoxy groups -OCH3 is 2. The maximum absolute atomic E-state index is 12.3. The summed E-state index contributed by atoms with van der Waals surface area (Å²) in [6.07, 6.45) is 5.74. The third kappa shape index (κ3) is 4.23. The Morgan fingerprint density at radius 3 is 2.85 bits per heavy atom. The standard InChI is InChI=1S/C27H31N3O4/c1-30-15-18(11-21-20-5-4-6-22-26(20)19(14-29-22)13-23(21)30)16-34-27(31)28-10-9-17-7-8-24(32-2)25(12-17)33-3/h4-8,11-12,14,18,23,29H,9-10,13,15-16H2,1-3H3,(H,28,31)/t18-,23-/m1/s1. The topological polar surface area (TPSA) is 75.8 Å². The minimum Gasteiger partial charge on any atom is -0.493 e. The highest BCUT2D eigenvalue weighted by molar-refractivity contribution is 5.98. The largest absolute Gasteiger partial charge is 0.493 e. The summed E-state index contributed by atoms with van der Waals surface area (Å²) >= 11 is 0. The molecule has 178 valence electrons. The van der Waals surface area contributed by atoms with Crippen LogP contribution in [-0.2, 0) is 17.6 Å². The van der Waals surface area contributed by atoms with E-state index in [0.29, 0.717) is 37.1 Å². The maximum atomic E-state index is 12.3. The van der Waals surface area contributed by atoms with Crippen LogP contribution in [0.5, 0.6) is 11.5 Å². The van der Waals surface area contributed by atoms with Gasteiger partial charge in [-0.15, -0.1) is 0 Å². The van der Waals surface area contributed by atoms with Gasteiger partial charge in [-0.2, -0.15) is 0 Å². The van der Waals surface area contributed by atoms with Crippen LogP contribution < -0.4 is 14.8 Å². The van der Waals surface area contributed by atoms with E-state index in [1.807, 2.05) is 18.2 Å². The normalized spacial score (nSPS) is 19.3. The Balaban J connectivity index is 1.18. The van der Waals surface area contributed by atoms with Gasteiger partial charge in [-0.05, 0) is 60.4 Å². The molecule has 0 saturated heterocycles. The molecule has 7 nitrogen and oxygen atoms in total. The van der Waals surface area contributed by atoms with Crippen LogP contribution in [0.1, 0.15) is 16.7 Å². The van der Waals surface area contributed by atoms with Crippen molar-refractivity contribution in [2.75, 3.05) is 41.0 Å². The average Bonchev–Trinajstić information content (AvgIpc) is 3.27. The van der Waals surface area contributed by atoms with Crippen molar-refractivity contribution in [2.45, 2.75) is 18.9 Å². The van der Waals surface area contributed by atoms with Crippen LogP contribution in [0.25, 0.3) is 16.5 Å². The maximum Gasteiger partial charge on any atom is 0.407 e. The fourth-order valence-corrected chi connectivity index (χ4v) is 5.23. The molecule has 7 heteroatoms. The molecule has 1 aliphatic heterocycles. The van der Waals surface area contributed by atoms with Crippen molar-refractivity contribution in [1.29, 1.82) is 0 Å². The van der Waals surface area contributed by atoms with Gasteiger partial charge in [0.25, 0.3) is 0 Å². The van der Waals surface area contributed by atoms with Gasteiger partial charge in [-0.3, -0.25) is 4.90 Å². The van der Waals surface area contributed by atoms with Crippen molar-refractivity contribution in [3.8, 4) is 11.5 Å². The zero-order chi connectivity index (χ0) is 23.7. The molecule has 2 aromatic carbocycles. The SMILES string of the molecule is COc1ccc(CCNC(=O)OC[C@@H]2C=C3c4cccc5[nH]cc(c45)C[C@H]3N(C)C2)cc1OC. The summed E-state index contributed by atoms with van der Waals surface area (Å²) in [5.74, 6) is 1.53. The first-order valence-electron chi connectivity index (χ1n) is 11.7. The number of ether oxygens (including phenoxy) is 3. The molecule has 2 atom stereocenters. The molecule has 0 bridgehead atoms. The first-order chi connectivity index (χ1) is 16.6. The highest BCUT2D eigenvalue weighted by Gasteiger charge is 2.33. The second kappa shape index (κ2) is 9.43. The summed E-state index contributed by atoms with van der Waals surface area (Å²) in [5, 5.41) is 4.18. The molecule has 1 aliphatic carbocycles.